The second kappa shape index (κ2) is 6.04. The van der Waals surface area contributed by atoms with E-state index in [-0.39, 0.29) is 11.9 Å². The number of nitrogens with two attached hydrogens (primary N) is 1. The van der Waals surface area contributed by atoms with E-state index in [4.69, 9.17) is 10.5 Å². The third-order valence-electron chi connectivity index (χ3n) is 3.61. The topological polar surface area (TPSA) is 58.8 Å². The lowest BCUT2D eigenvalue weighted by atomic mass is 10.0. The minimum Gasteiger partial charge on any atom is -0.496 e. The SMILES string of the molecule is COc1ccccc1[C@H]1CN(CC(N)=O)CCN1C. The van der Waals surface area contributed by atoms with Crippen LogP contribution in [-0.4, -0.2) is 56.0 Å². The zero-order chi connectivity index (χ0) is 13.8. The summed E-state index contributed by atoms with van der Waals surface area (Å²) in [7, 11) is 3.78. The number of likely N-dealkylation sites (N-methyl/N-ethyl adjacent to an activating group) is 1. The van der Waals surface area contributed by atoms with E-state index in [0.29, 0.717) is 6.54 Å². The Morgan fingerprint density at radius 1 is 1.42 bits per heavy atom. The average Bonchev–Trinajstić information content (AvgIpc) is 2.40. The van der Waals surface area contributed by atoms with Crippen LogP contribution in [0.2, 0.25) is 0 Å². The molecule has 1 fully saturated rings. The van der Waals surface area contributed by atoms with Gasteiger partial charge in [0.1, 0.15) is 5.75 Å². The molecule has 5 nitrogen and oxygen atoms in total. The molecule has 1 aliphatic heterocycles. The first-order valence-corrected chi connectivity index (χ1v) is 6.45. The molecule has 2 rings (SSSR count). The Kier molecular flexibility index (Phi) is 4.39. The second-order valence-electron chi connectivity index (χ2n) is 4.94. The van der Waals surface area contributed by atoms with Crippen LogP contribution in [0.25, 0.3) is 0 Å². The van der Waals surface area contributed by atoms with E-state index < -0.39 is 0 Å². The number of carbonyl (C=O) groups excluding carboxylic acids is 1. The number of amides is 1. The van der Waals surface area contributed by atoms with E-state index in [9.17, 15) is 4.79 Å². The molecule has 0 bridgehead atoms. The van der Waals surface area contributed by atoms with Crippen LogP contribution in [0.15, 0.2) is 24.3 Å². The summed E-state index contributed by atoms with van der Waals surface area (Å²) in [5.41, 5.74) is 6.43. The molecule has 5 heteroatoms. The maximum atomic E-state index is 11.1. The van der Waals surface area contributed by atoms with Crippen molar-refractivity contribution in [3.05, 3.63) is 29.8 Å². The summed E-state index contributed by atoms with van der Waals surface area (Å²) in [4.78, 5) is 15.4. The first-order valence-electron chi connectivity index (χ1n) is 6.45. The maximum Gasteiger partial charge on any atom is 0.231 e. The van der Waals surface area contributed by atoms with Gasteiger partial charge in [0.05, 0.1) is 19.7 Å². The van der Waals surface area contributed by atoms with Gasteiger partial charge in [-0.25, -0.2) is 0 Å². The third-order valence-corrected chi connectivity index (χ3v) is 3.61. The molecular formula is C14H21N3O2. The molecular weight excluding hydrogens is 242 g/mol. The van der Waals surface area contributed by atoms with Gasteiger partial charge in [0.2, 0.25) is 5.91 Å². The van der Waals surface area contributed by atoms with Crippen molar-refractivity contribution in [1.82, 2.24) is 9.80 Å². The Balaban J connectivity index is 2.18. The first kappa shape index (κ1) is 13.8. The number of benzene rings is 1. The first-order chi connectivity index (χ1) is 9.11. The van der Waals surface area contributed by atoms with Crippen molar-refractivity contribution in [3.8, 4) is 5.75 Å². The minimum atomic E-state index is -0.275. The highest BCUT2D eigenvalue weighted by atomic mass is 16.5. The fourth-order valence-electron chi connectivity index (χ4n) is 2.57. The number of methoxy groups -OCH3 is 1. The Morgan fingerprint density at radius 3 is 2.84 bits per heavy atom. The lowest BCUT2D eigenvalue weighted by molar-refractivity contribution is -0.119. The molecule has 0 radical (unpaired) electrons. The number of carbonyl (C=O) groups is 1. The van der Waals surface area contributed by atoms with Crippen LogP contribution >= 0.6 is 0 Å². The summed E-state index contributed by atoms with van der Waals surface area (Å²) in [6, 6.07) is 8.25. The highest BCUT2D eigenvalue weighted by molar-refractivity contribution is 5.75. The van der Waals surface area contributed by atoms with Crippen LogP contribution < -0.4 is 10.5 Å². The van der Waals surface area contributed by atoms with Gasteiger partial charge in [-0.15, -0.1) is 0 Å². The standard InChI is InChI=1S/C14H21N3O2/c1-16-7-8-17(10-14(15)18)9-12(16)11-5-3-4-6-13(11)19-2/h3-6,12H,7-10H2,1-2H3,(H2,15,18)/t12-/m1/s1. The number of ether oxygens (including phenoxy) is 1. The number of primary amides is 1. The van der Waals surface area contributed by atoms with Crippen LogP contribution in [0.4, 0.5) is 0 Å². The largest absolute Gasteiger partial charge is 0.496 e. The van der Waals surface area contributed by atoms with Crippen molar-refractivity contribution in [2.24, 2.45) is 5.73 Å². The van der Waals surface area contributed by atoms with Gasteiger partial charge in [0, 0.05) is 25.2 Å². The molecule has 1 atom stereocenters. The zero-order valence-electron chi connectivity index (χ0n) is 11.5. The number of para-hydroxylation sites is 1. The van der Waals surface area contributed by atoms with Crippen molar-refractivity contribution in [2.75, 3.05) is 40.3 Å². The summed E-state index contributed by atoms with van der Waals surface area (Å²) >= 11 is 0. The van der Waals surface area contributed by atoms with Crippen LogP contribution in [0.5, 0.6) is 5.75 Å². The van der Waals surface area contributed by atoms with E-state index in [0.717, 1.165) is 30.9 Å². The maximum absolute atomic E-state index is 11.1. The molecule has 1 amide bonds. The van der Waals surface area contributed by atoms with Gasteiger partial charge < -0.3 is 10.5 Å². The fraction of sp³-hybridized carbons (Fsp3) is 0.500. The zero-order valence-corrected chi connectivity index (χ0v) is 11.5. The molecule has 0 aliphatic carbocycles. The van der Waals surface area contributed by atoms with Gasteiger partial charge in [0.15, 0.2) is 0 Å². The van der Waals surface area contributed by atoms with E-state index in [1.807, 2.05) is 18.2 Å². The van der Waals surface area contributed by atoms with Gasteiger partial charge >= 0.3 is 0 Å². The number of piperazine rings is 1. The Morgan fingerprint density at radius 2 is 2.16 bits per heavy atom. The van der Waals surface area contributed by atoms with Crippen molar-refractivity contribution in [2.45, 2.75) is 6.04 Å². The normalized spacial score (nSPS) is 21.3. The lowest BCUT2D eigenvalue weighted by Gasteiger charge is -2.39. The van der Waals surface area contributed by atoms with Gasteiger partial charge in [-0.2, -0.15) is 0 Å². The number of nitrogens with zero attached hydrogens (tertiary/aromatic N) is 2. The monoisotopic (exact) mass is 263 g/mol. The number of hydrogen-bond acceptors (Lipinski definition) is 4. The molecule has 0 aromatic heterocycles. The van der Waals surface area contributed by atoms with Crippen molar-refractivity contribution in [1.29, 1.82) is 0 Å². The second-order valence-corrected chi connectivity index (χ2v) is 4.94. The molecule has 2 N–H and O–H groups in total. The molecule has 0 spiro atoms. The summed E-state index contributed by atoms with van der Waals surface area (Å²) in [6.07, 6.45) is 0. The smallest absolute Gasteiger partial charge is 0.231 e. The van der Waals surface area contributed by atoms with Gasteiger partial charge in [-0.3, -0.25) is 14.6 Å². The molecule has 1 aromatic carbocycles. The summed E-state index contributed by atoms with van der Waals surface area (Å²) in [5.74, 6) is 0.614. The van der Waals surface area contributed by atoms with E-state index in [1.165, 1.54) is 0 Å². The summed E-state index contributed by atoms with van der Waals surface area (Å²) in [6.45, 7) is 2.89. The van der Waals surface area contributed by atoms with E-state index in [1.54, 1.807) is 7.11 Å². The predicted molar refractivity (Wildman–Crippen MR) is 74.0 cm³/mol. The molecule has 104 valence electrons. The van der Waals surface area contributed by atoms with Gasteiger partial charge in [-0.1, -0.05) is 18.2 Å². The lowest BCUT2D eigenvalue weighted by Crippen LogP contribution is -2.49. The molecule has 1 saturated heterocycles. The Hall–Kier alpha value is -1.59. The highest BCUT2D eigenvalue weighted by Gasteiger charge is 2.28. The molecule has 19 heavy (non-hydrogen) atoms. The van der Waals surface area contributed by atoms with Crippen LogP contribution in [0, 0.1) is 0 Å². The quantitative estimate of drug-likeness (QED) is 0.858. The summed E-state index contributed by atoms with van der Waals surface area (Å²) in [5, 5.41) is 0. The third kappa shape index (κ3) is 3.24. The molecule has 0 unspecified atom stereocenters. The van der Waals surface area contributed by atoms with Gasteiger partial charge in [-0.05, 0) is 13.1 Å². The summed E-state index contributed by atoms with van der Waals surface area (Å²) < 4.78 is 5.43. The predicted octanol–water partition coefficient (Wildman–Crippen LogP) is 0.469. The van der Waals surface area contributed by atoms with Crippen molar-refractivity contribution < 1.29 is 9.53 Å². The average molecular weight is 263 g/mol. The van der Waals surface area contributed by atoms with Crippen LogP contribution in [0.1, 0.15) is 11.6 Å². The van der Waals surface area contributed by atoms with Gasteiger partial charge in [0.25, 0.3) is 0 Å². The van der Waals surface area contributed by atoms with Crippen molar-refractivity contribution in [3.63, 3.8) is 0 Å². The molecule has 0 saturated carbocycles. The van der Waals surface area contributed by atoms with Crippen molar-refractivity contribution >= 4 is 5.91 Å². The molecule has 1 aliphatic rings. The molecule has 1 aromatic rings. The minimum absolute atomic E-state index is 0.226. The fourth-order valence-corrected chi connectivity index (χ4v) is 2.57. The number of rotatable bonds is 4. The highest BCUT2D eigenvalue weighted by Crippen LogP contribution is 2.30. The van der Waals surface area contributed by atoms with E-state index >= 15 is 0 Å². The van der Waals surface area contributed by atoms with E-state index in [2.05, 4.69) is 22.9 Å². The van der Waals surface area contributed by atoms with Crippen LogP contribution in [-0.2, 0) is 4.79 Å². The van der Waals surface area contributed by atoms with Crippen LogP contribution in [0.3, 0.4) is 0 Å². The Labute approximate surface area is 113 Å². The molecule has 1 heterocycles. The number of hydrogen-bond donors (Lipinski definition) is 1. The Bertz CT molecular complexity index is 450.